The molecule has 1 atom stereocenters. The van der Waals surface area contributed by atoms with Crippen molar-refractivity contribution in [3.63, 3.8) is 0 Å². The monoisotopic (exact) mass is 250 g/mol. The van der Waals surface area contributed by atoms with Gasteiger partial charge in [-0.05, 0) is 24.1 Å². The Bertz CT molecular complexity index is 442. The summed E-state index contributed by atoms with van der Waals surface area (Å²) in [6.07, 6.45) is -4.97. The Labute approximate surface area is 94.0 Å². The van der Waals surface area contributed by atoms with E-state index >= 15 is 0 Å². The third kappa shape index (κ3) is 2.00. The molecule has 0 spiro atoms. The van der Waals surface area contributed by atoms with E-state index in [0.717, 1.165) is 0 Å². The molecule has 1 heterocycles. The van der Waals surface area contributed by atoms with Crippen molar-refractivity contribution in [2.45, 2.75) is 12.6 Å². The van der Waals surface area contributed by atoms with Crippen LogP contribution in [0.25, 0.3) is 0 Å². The lowest BCUT2D eigenvalue weighted by molar-refractivity contribution is -0.193. The number of ether oxygens (including phenoxy) is 1. The molecule has 0 N–H and O–H groups in total. The molecule has 6 heteroatoms. The summed E-state index contributed by atoms with van der Waals surface area (Å²) in [5.41, 5.74) is 0.339. The van der Waals surface area contributed by atoms with E-state index in [1.807, 2.05) is 0 Å². The zero-order valence-electron chi connectivity index (χ0n) is 7.84. The zero-order chi connectivity index (χ0) is 11.9. The topological polar surface area (TPSA) is 26.3 Å². The van der Waals surface area contributed by atoms with E-state index in [-0.39, 0.29) is 5.75 Å². The Morgan fingerprint density at radius 1 is 1.38 bits per heavy atom. The highest BCUT2D eigenvalue weighted by Gasteiger charge is 2.48. The van der Waals surface area contributed by atoms with Crippen molar-refractivity contribution >= 4 is 17.6 Å². The van der Waals surface area contributed by atoms with E-state index in [9.17, 15) is 18.0 Å². The Morgan fingerprint density at radius 2 is 2.06 bits per heavy atom. The molecule has 0 fully saturated rings. The van der Waals surface area contributed by atoms with Crippen LogP contribution in [0.1, 0.15) is 5.56 Å². The summed E-state index contributed by atoms with van der Waals surface area (Å²) in [4.78, 5) is 11.1. The second-order valence-corrected chi connectivity index (χ2v) is 3.91. The Hall–Kier alpha value is -1.23. The SMILES string of the molecule is O=C1Oc2cc(Cl)ccc2CC1C(F)(F)F. The van der Waals surface area contributed by atoms with Gasteiger partial charge in [0.25, 0.3) is 0 Å². The third-order valence-corrected chi connectivity index (χ3v) is 2.58. The van der Waals surface area contributed by atoms with Gasteiger partial charge in [0, 0.05) is 5.02 Å². The van der Waals surface area contributed by atoms with E-state index < -0.39 is 24.5 Å². The maximum Gasteiger partial charge on any atom is 0.402 e. The number of carbonyl (C=O) groups is 1. The third-order valence-electron chi connectivity index (χ3n) is 2.34. The van der Waals surface area contributed by atoms with Gasteiger partial charge in [0.15, 0.2) is 5.92 Å². The van der Waals surface area contributed by atoms with E-state index in [4.69, 9.17) is 11.6 Å². The fraction of sp³-hybridized carbons (Fsp3) is 0.300. The lowest BCUT2D eigenvalue weighted by Crippen LogP contribution is -2.38. The molecule has 0 saturated heterocycles. The molecule has 0 radical (unpaired) electrons. The van der Waals surface area contributed by atoms with Gasteiger partial charge in [-0.1, -0.05) is 17.7 Å². The standard InChI is InChI=1S/C10H6ClF3O2/c11-6-2-1-5-3-7(10(12,13)14)9(15)16-8(5)4-6/h1-2,4,7H,3H2. The average molecular weight is 251 g/mol. The smallest absolute Gasteiger partial charge is 0.402 e. The first-order valence-electron chi connectivity index (χ1n) is 4.45. The van der Waals surface area contributed by atoms with Gasteiger partial charge in [-0.15, -0.1) is 0 Å². The maximum absolute atomic E-state index is 12.4. The number of esters is 1. The van der Waals surface area contributed by atoms with Gasteiger partial charge in [0.05, 0.1) is 0 Å². The molecule has 0 aliphatic carbocycles. The maximum atomic E-state index is 12.4. The molecule has 0 aromatic heterocycles. The minimum absolute atomic E-state index is 0.109. The predicted molar refractivity (Wildman–Crippen MR) is 50.3 cm³/mol. The van der Waals surface area contributed by atoms with Crippen molar-refractivity contribution in [1.29, 1.82) is 0 Å². The summed E-state index contributed by atoms with van der Waals surface area (Å²) in [6, 6.07) is 4.23. The van der Waals surface area contributed by atoms with Crippen LogP contribution < -0.4 is 4.74 Å². The van der Waals surface area contributed by atoms with Crippen molar-refractivity contribution in [1.82, 2.24) is 0 Å². The largest absolute Gasteiger partial charge is 0.426 e. The van der Waals surface area contributed by atoms with E-state index in [1.165, 1.54) is 18.2 Å². The molecule has 1 aromatic rings. The minimum atomic E-state index is -4.57. The predicted octanol–water partition coefficient (Wildman–Crippen LogP) is 2.98. The Kier molecular flexibility index (Phi) is 2.58. The van der Waals surface area contributed by atoms with Crippen LogP contribution >= 0.6 is 11.6 Å². The molecule has 1 unspecified atom stereocenters. The number of carbonyl (C=O) groups excluding carboxylic acids is 1. The van der Waals surface area contributed by atoms with Crippen molar-refractivity contribution in [2.75, 3.05) is 0 Å². The van der Waals surface area contributed by atoms with E-state index in [2.05, 4.69) is 4.74 Å². The molecule has 16 heavy (non-hydrogen) atoms. The van der Waals surface area contributed by atoms with Crippen molar-refractivity contribution in [3.05, 3.63) is 28.8 Å². The number of hydrogen-bond acceptors (Lipinski definition) is 2. The Balaban J connectivity index is 2.36. The number of rotatable bonds is 0. The summed E-state index contributed by atoms with van der Waals surface area (Å²) >= 11 is 5.64. The molecule has 1 aliphatic heterocycles. The van der Waals surface area contributed by atoms with Gasteiger partial charge < -0.3 is 4.74 Å². The fourth-order valence-electron chi connectivity index (χ4n) is 1.52. The van der Waals surface area contributed by atoms with Crippen molar-refractivity contribution in [3.8, 4) is 5.75 Å². The first-order chi connectivity index (χ1) is 7.38. The van der Waals surface area contributed by atoms with Gasteiger partial charge in [0.2, 0.25) is 0 Å². The van der Waals surface area contributed by atoms with Crippen LogP contribution in [0.5, 0.6) is 5.75 Å². The van der Waals surface area contributed by atoms with Gasteiger partial charge in [-0.3, -0.25) is 4.79 Å². The highest BCUT2D eigenvalue weighted by Crippen LogP contribution is 2.37. The molecular formula is C10H6ClF3O2. The minimum Gasteiger partial charge on any atom is -0.426 e. The lowest BCUT2D eigenvalue weighted by Gasteiger charge is -2.24. The molecule has 0 saturated carbocycles. The van der Waals surface area contributed by atoms with Crippen LogP contribution in [-0.2, 0) is 11.2 Å². The summed E-state index contributed by atoms with van der Waals surface area (Å²) in [5.74, 6) is -3.25. The van der Waals surface area contributed by atoms with E-state index in [1.54, 1.807) is 0 Å². The van der Waals surface area contributed by atoms with Crippen LogP contribution in [0, 0.1) is 5.92 Å². The quantitative estimate of drug-likeness (QED) is 0.523. The molecular weight excluding hydrogens is 245 g/mol. The molecule has 0 bridgehead atoms. The molecule has 1 aromatic carbocycles. The normalized spacial score (nSPS) is 20.2. The van der Waals surface area contributed by atoms with Crippen LogP contribution in [-0.4, -0.2) is 12.1 Å². The number of hydrogen-bond donors (Lipinski definition) is 0. The summed E-state index contributed by atoms with van der Waals surface area (Å²) in [6.45, 7) is 0. The van der Waals surface area contributed by atoms with Crippen molar-refractivity contribution in [2.24, 2.45) is 5.92 Å². The second kappa shape index (κ2) is 3.66. The van der Waals surface area contributed by atoms with Crippen LogP contribution in [0.3, 0.4) is 0 Å². The summed E-state index contributed by atoms with van der Waals surface area (Å²) in [7, 11) is 0. The highest BCUT2D eigenvalue weighted by atomic mass is 35.5. The van der Waals surface area contributed by atoms with Gasteiger partial charge in [-0.2, -0.15) is 13.2 Å². The molecule has 0 amide bonds. The van der Waals surface area contributed by atoms with Crippen LogP contribution in [0.4, 0.5) is 13.2 Å². The van der Waals surface area contributed by atoms with Crippen molar-refractivity contribution < 1.29 is 22.7 Å². The van der Waals surface area contributed by atoms with Gasteiger partial charge in [-0.25, -0.2) is 0 Å². The first-order valence-corrected chi connectivity index (χ1v) is 4.82. The number of benzene rings is 1. The molecule has 1 aliphatic rings. The molecule has 2 nitrogen and oxygen atoms in total. The molecule has 86 valence electrons. The lowest BCUT2D eigenvalue weighted by atomic mass is 9.96. The van der Waals surface area contributed by atoms with Gasteiger partial charge >= 0.3 is 12.1 Å². The first kappa shape index (κ1) is 11.3. The average Bonchev–Trinajstić information content (AvgIpc) is 2.14. The highest BCUT2D eigenvalue weighted by molar-refractivity contribution is 6.30. The number of alkyl halides is 3. The fourth-order valence-corrected chi connectivity index (χ4v) is 1.69. The Morgan fingerprint density at radius 3 is 2.69 bits per heavy atom. The number of halogens is 4. The van der Waals surface area contributed by atoms with E-state index in [0.29, 0.717) is 10.6 Å². The van der Waals surface area contributed by atoms with Crippen LogP contribution in [0.2, 0.25) is 5.02 Å². The second-order valence-electron chi connectivity index (χ2n) is 3.47. The zero-order valence-corrected chi connectivity index (χ0v) is 8.60. The van der Waals surface area contributed by atoms with Crippen LogP contribution in [0.15, 0.2) is 18.2 Å². The summed E-state index contributed by atoms with van der Waals surface area (Å²) < 4.78 is 41.9. The van der Waals surface area contributed by atoms with Gasteiger partial charge in [0.1, 0.15) is 5.75 Å². The summed E-state index contributed by atoms with van der Waals surface area (Å²) in [5, 5.41) is 0.317. The number of fused-ring (bicyclic) bond motifs is 1. The molecule has 2 rings (SSSR count).